The molecule has 17 heavy (non-hydrogen) atoms. The Kier molecular flexibility index (Phi) is 6.52. The van der Waals surface area contributed by atoms with E-state index in [-0.39, 0.29) is 18.1 Å². The maximum atomic E-state index is 11.7. The van der Waals surface area contributed by atoms with E-state index in [1.165, 1.54) is 0 Å². The minimum absolute atomic E-state index is 0.00104. The second-order valence-electron chi connectivity index (χ2n) is 4.89. The standard InChI is InChI=1S/C13H26N2O2/c1-3-4-8-15-13(16)10(2)17-12-7-5-6-11(12)9-14/h10-12H,3-9,14H2,1-2H3,(H,15,16). The average molecular weight is 242 g/mol. The van der Waals surface area contributed by atoms with E-state index in [2.05, 4.69) is 12.2 Å². The minimum Gasteiger partial charge on any atom is -0.365 e. The highest BCUT2D eigenvalue weighted by molar-refractivity contribution is 5.80. The van der Waals surface area contributed by atoms with Crippen LogP contribution < -0.4 is 11.1 Å². The molecule has 1 amide bonds. The lowest BCUT2D eigenvalue weighted by atomic mass is 10.1. The Morgan fingerprint density at radius 2 is 2.29 bits per heavy atom. The maximum Gasteiger partial charge on any atom is 0.248 e. The fraction of sp³-hybridized carbons (Fsp3) is 0.923. The number of amides is 1. The van der Waals surface area contributed by atoms with Crippen molar-refractivity contribution in [1.29, 1.82) is 0 Å². The van der Waals surface area contributed by atoms with E-state index in [9.17, 15) is 4.79 Å². The second kappa shape index (κ2) is 7.67. The molecule has 100 valence electrons. The van der Waals surface area contributed by atoms with Crippen molar-refractivity contribution in [3.05, 3.63) is 0 Å². The summed E-state index contributed by atoms with van der Waals surface area (Å²) < 4.78 is 5.82. The van der Waals surface area contributed by atoms with E-state index >= 15 is 0 Å². The number of ether oxygens (including phenoxy) is 1. The van der Waals surface area contributed by atoms with Crippen LogP contribution in [0.25, 0.3) is 0 Å². The van der Waals surface area contributed by atoms with E-state index in [1.807, 2.05) is 6.92 Å². The summed E-state index contributed by atoms with van der Waals surface area (Å²) in [6, 6.07) is 0. The zero-order chi connectivity index (χ0) is 12.7. The van der Waals surface area contributed by atoms with Crippen molar-refractivity contribution in [3.63, 3.8) is 0 Å². The van der Waals surface area contributed by atoms with Gasteiger partial charge in [-0.3, -0.25) is 4.79 Å². The van der Waals surface area contributed by atoms with Crippen LogP contribution in [0.1, 0.15) is 46.0 Å². The van der Waals surface area contributed by atoms with E-state index < -0.39 is 0 Å². The van der Waals surface area contributed by atoms with E-state index in [0.717, 1.165) is 38.6 Å². The summed E-state index contributed by atoms with van der Waals surface area (Å²) in [7, 11) is 0. The van der Waals surface area contributed by atoms with Crippen molar-refractivity contribution in [2.24, 2.45) is 11.7 Å². The molecule has 4 heteroatoms. The van der Waals surface area contributed by atoms with Crippen molar-refractivity contribution in [3.8, 4) is 0 Å². The van der Waals surface area contributed by atoms with Crippen LogP contribution in [0.15, 0.2) is 0 Å². The lowest BCUT2D eigenvalue weighted by molar-refractivity contribution is -0.136. The monoisotopic (exact) mass is 242 g/mol. The lowest BCUT2D eigenvalue weighted by Crippen LogP contribution is -2.39. The van der Waals surface area contributed by atoms with Gasteiger partial charge < -0.3 is 15.8 Å². The molecule has 1 aliphatic rings. The normalized spacial score (nSPS) is 25.8. The number of carbonyl (C=O) groups excluding carboxylic acids is 1. The van der Waals surface area contributed by atoms with Gasteiger partial charge in [-0.05, 0) is 38.6 Å². The first-order valence-corrected chi connectivity index (χ1v) is 6.82. The molecule has 0 bridgehead atoms. The van der Waals surface area contributed by atoms with Gasteiger partial charge in [0, 0.05) is 6.54 Å². The van der Waals surface area contributed by atoms with Crippen LogP contribution in [0.5, 0.6) is 0 Å². The van der Waals surface area contributed by atoms with Crippen LogP contribution in [0, 0.1) is 5.92 Å². The van der Waals surface area contributed by atoms with Crippen molar-refractivity contribution >= 4 is 5.91 Å². The minimum atomic E-state index is -0.357. The van der Waals surface area contributed by atoms with Gasteiger partial charge in [-0.1, -0.05) is 19.8 Å². The number of carbonyl (C=O) groups is 1. The third-order valence-corrected chi connectivity index (χ3v) is 3.47. The Balaban J connectivity index is 2.27. The molecular formula is C13H26N2O2. The molecule has 3 unspecified atom stereocenters. The van der Waals surface area contributed by atoms with Crippen molar-refractivity contribution in [2.75, 3.05) is 13.1 Å². The molecular weight excluding hydrogens is 216 g/mol. The summed E-state index contributed by atoms with van der Waals surface area (Å²) in [4.78, 5) is 11.7. The number of nitrogens with one attached hydrogen (secondary N) is 1. The lowest BCUT2D eigenvalue weighted by Gasteiger charge is -2.22. The molecule has 1 fully saturated rings. The number of hydrogen-bond acceptors (Lipinski definition) is 3. The smallest absolute Gasteiger partial charge is 0.248 e. The zero-order valence-corrected chi connectivity index (χ0v) is 11.1. The molecule has 0 spiro atoms. The van der Waals surface area contributed by atoms with Crippen LogP contribution in [0.4, 0.5) is 0 Å². The highest BCUT2D eigenvalue weighted by Crippen LogP contribution is 2.28. The van der Waals surface area contributed by atoms with Crippen LogP contribution in [0.3, 0.4) is 0 Å². The number of hydrogen-bond donors (Lipinski definition) is 2. The van der Waals surface area contributed by atoms with Gasteiger partial charge in [-0.2, -0.15) is 0 Å². The molecule has 0 heterocycles. The van der Waals surface area contributed by atoms with Gasteiger partial charge in [0.2, 0.25) is 5.91 Å². The molecule has 0 aromatic rings. The third kappa shape index (κ3) is 4.64. The van der Waals surface area contributed by atoms with Crippen LogP contribution in [0.2, 0.25) is 0 Å². The number of rotatable bonds is 7. The van der Waals surface area contributed by atoms with Gasteiger partial charge >= 0.3 is 0 Å². The van der Waals surface area contributed by atoms with Crippen molar-refractivity contribution in [1.82, 2.24) is 5.32 Å². The van der Waals surface area contributed by atoms with Gasteiger partial charge in [-0.15, -0.1) is 0 Å². The van der Waals surface area contributed by atoms with Gasteiger partial charge in [0.25, 0.3) is 0 Å². The van der Waals surface area contributed by atoms with Crippen LogP contribution in [-0.2, 0) is 9.53 Å². The average Bonchev–Trinajstić information content (AvgIpc) is 2.76. The summed E-state index contributed by atoms with van der Waals surface area (Å²) in [5.74, 6) is 0.432. The first-order chi connectivity index (χ1) is 8.19. The number of unbranched alkanes of at least 4 members (excludes halogenated alkanes) is 1. The third-order valence-electron chi connectivity index (χ3n) is 3.47. The van der Waals surface area contributed by atoms with Crippen molar-refractivity contribution in [2.45, 2.75) is 58.2 Å². The molecule has 3 atom stereocenters. The van der Waals surface area contributed by atoms with E-state index in [0.29, 0.717) is 12.5 Å². The summed E-state index contributed by atoms with van der Waals surface area (Å²) in [6.45, 7) is 5.34. The van der Waals surface area contributed by atoms with Crippen molar-refractivity contribution < 1.29 is 9.53 Å². The second-order valence-corrected chi connectivity index (χ2v) is 4.89. The predicted molar refractivity (Wildman–Crippen MR) is 68.6 cm³/mol. The molecule has 1 aliphatic carbocycles. The topological polar surface area (TPSA) is 64.3 Å². The molecule has 1 saturated carbocycles. The molecule has 0 aromatic heterocycles. The number of nitrogens with two attached hydrogens (primary N) is 1. The van der Waals surface area contributed by atoms with Gasteiger partial charge in [0.05, 0.1) is 6.10 Å². The molecule has 4 nitrogen and oxygen atoms in total. The molecule has 0 aliphatic heterocycles. The largest absolute Gasteiger partial charge is 0.365 e. The van der Waals surface area contributed by atoms with Gasteiger partial charge in [0.1, 0.15) is 6.10 Å². The van der Waals surface area contributed by atoms with Crippen LogP contribution >= 0.6 is 0 Å². The first kappa shape index (κ1) is 14.5. The summed E-state index contributed by atoms with van der Waals surface area (Å²) >= 11 is 0. The summed E-state index contributed by atoms with van der Waals surface area (Å²) in [5.41, 5.74) is 5.69. The Labute approximate surface area is 104 Å². The highest BCUT2D eigenvalue weighted by Gasteiger charge is 2.29. The van der Waals surface area contributed by atoms with E-state index in [4.69, 9.17) is 10.5 Å². The Hall–Kier alpha value is -0.610. The van der Waals surface area contributed by atoms with Gasteiger partial charge in [-0.25, -0.2) is 0 Å². The zero-order valence-electron chi connectivity index (χ0n) is 11.1. The molecule has 3 N–H and O–H groups in total. The summed E-state index contributed by atoms with van der Waals surface area (Å²) in [5, 5.41) is 2.89. The molecule has 0 saturated heterocycles. The Morgan fingerprint density at radius 1 is 1.53 bits per heavy atom. The molecule has 0 aromatic carbocycles. The molecule has 0 radical (unpaired) electrons. The van der Waals surface area contributed by atoms with E-state index in [1.54, 1.807) is 0 Å². The highest BCUT2D eigenvalue weighted by atomic mass is 16.5. The first-order valence-electron chi connectivity index (χ1n) is 6.82. The quantitative estimate of drug-likeness (QED) is 0.664. The molecule has 1 rings (SSSR count). The fourth-order valence-corrected chi connectivity index (χ4v) is 2.31. The van der Waals surface area contributed by atoms with Gasteiger partial charge in [0.15, 0.2) is 0 Å². The summed E-state index contributed by atoms with van der Waals surface area (Å²) in [6.07, 6.45) is 5.26. The predicted octanol–water partition coefficient (Wildman–Crippen LogP) is 1.44. The maximum absolute atomic E-state index is 11.7. The fourth-order valence-electron chi connectivity index (χ4n) is 2.31. The SMILES string of the molecule is CCCCNC(=O)C(C)OC1CCCC1CN. The Morgan fingerprint density at radius 3 is 2.94 bits per heavy atom. The Bertz CT molecular complexity index is 233. The van der Waals surface area contributed by atoms with Crippen LogP contribution in [-0.4, -0.2) is 31.2 Å².